The van der Waals surface area contributed by atoms with Crippen molar-refractivity contribution in [3.05, 3.63) is 60.7 Å². The zero-order valence-corrected chi connectivity index (χ0v) is 26.0. The molecule has 9 atom stereocenters. The molecule has 4 heterocycles. The number of hydrogen-bond donors (Lipinski definition) is 2. The van der Waals surface area contributed by atoms with Gasteiger partial charge < -0.3 is 29.7 Å². The van der Waals surface area contributed by atoms with Gasteiger partial charge >= 0.3 is 0 Å². The average molecular weight is 618 g/mol. The van der Waals surface area contributed by atoms with Crippen molar-refractivity contribution >= 4 is 35.2 Å². The maximum atomic E-state index is 14.4. The molecular weight excluding hydrogens is 578 g/mol. The number of hydrogen-bond acceptors (Lipinski definition) is 7. The molecule has 7 rings (SSSR count). The number of carbonyl (C=O) groups excluding carboxylic acids is 3. The van der Waals surface area contributed by atoms with Crippen LogP contribution in [0.2, 0.25) is 0 Å². The monoisotopic (exact) mass is 617 g/mol. The molecular formula is C34H39N3O6S. The second-order valence-corrected chi connectivity index (χ2v) is 13.7. The lowest BCUT2D eigenvalue weighted by atomic mass is 9.73. The van der Waals surface area contributed by atoms with Gasteiger partial charge in [-0.1, -0.05) is 57.0 Å². The minimum Gasteiger partial charge on any atom is -0.486 e. The molecule has 9 nitrogen and oxygen atoms in total. The Hall–Kier alpha value is -3.50. The van der Waals surface area contributed by atoms with Gasteiger partial charge in [-0.15, -0.1) is 11.8 Å². The van der Waals surface area contributed by atoms with Gasteiger partial charge in [-0.05, 0) is 54.8 Å². The van der Waals surface area contributed by atoms with E-state index in [1.54, 1.807) is 16.7 Å². The number of carbonyl (C=O) groups is 3. The highest BCUT2D eigenvalue weighted by Gasteiger charge is 2.73. The topological polar surface area (TPSA) is 106 Å². The van der Waals surface area contributed by atoms with E-state index in [0.29, 0.717) is 29.0 Å². The molecule has 2 saturated heterocycles. The fourth-order valence-electron chi connectivity index (χ4n) is 7.81. The maximum absolute atomic E-state index is 14.4. The summed E-state index contributed by atoms with van der Waals surface area (Å²) < 4.78 is 18.7. The summed E-state index contributed by atoms with van der Waals surface area (Å²) in [6.45, 7) is 4.77. The highest BCUT2D eigenvalue weighted by molar-refractivity contribution is 7.98. The molecule has 0 radical (unpaired) electrons. The SMILES string of the molecule is CSc1cccc(NC(=O)[C@H]2[C@H]3C=C[C@@]4(O3)[C@H]2C(=O)N(C[C@@H]2COc3ccccc3O2)[C@@H]4C(=O)N[C@@H]2CCC[C@H](C)[C@H]2C)c1. The van der Waals surface area contributed by atoms with Crippen molar-refractivity contribution in [1.29, 1.82) is 0 Å². The van der Waals surface area contributed by atoms with Crippen molar-refractivity contribution in [2.45, 2.75) is 67.9 Å². The van der Waals surface area contributed by atoms with Gasteiger partial charge in [0.25, 0.3) is 0 Å². The first-order valence-electron chi connectivity index (χ1n) is 15.6. The summed E-state index contributed by atoms with van der Waals surface area (Å²) in [5.74, 6) is -0.379. The minimum absolute atomic E-state index is 0.00480. The Morgan fingerprint density at radius 1 is 1.07 bits per heavy atom. The van der Waals surface area contributed by atoms with Gasteiger partial charge in [-0.25, -0.2) is 0 Å². The number of para-hydroxylation sites is 2. The van der Waals surface area contributed by atoms with E-state index in [2.05, 4.69) is 24.5 Å². The number of anilines is 1. The molecule has 2 aromatic carbocycles. The van der Waals surface area contributed by atoms with Crippen molar-refractivity contribution in [3.8, 4) is 11.5 Å². The fraction of sp³-hybridized carbons (Fsp3) is 0.500. The van der Waals surface area contributed by atoms with Gasteiger partial charge in [0, 0.05) is 16.6 Å². The van der Waals surface area contributed by atoms with Gasteiger partial charge in [-0.2, -0.15) is 0 Å². The largest absolute Gasteiger partial charge is 0.486 e. The molecule has 0 aromatic heterocycles. The smallest absolute Gasteiger partial charge is 0.246 e. The molecule has 2 bridgehead atoms. The molecule has 44 heavy (non-hydrogen) atoms. The predicted molar refractivity (Wildman–Crippen MR) is 167 cm³/mol. The van der Waals surface area contributed by atoms with Crippen LogP contribution < -0.4 is 20.1 Å². The Morgan fingerprint density at radius 2 is 1.89 bits per heavy atom. The second kappa shape index (κ2) is 11.5. The summed E-state index contributed by atoms with van der Waals surface area (Å²) in [7, 11) is 0. The first-order chi connectivity index (χ1) is 21.3. The number of nitrogens with zero attached hydrogens (tertiary/aromatic N) is 1. The van der Waals surface area contributed by atoms with Crippen LogP contribution in [-0.4, -0.2) is 71.9 Å². The van der Waals surface area contributed by atoms with Crippen LogP contribution >= 0.6 is 11.8 Å². The first kappa shape index (κ1) is 29.2. The standard InChI is InChI=1S/C34H39N3O6S/c1-19-8-6-11-24(20(19)2)36-32(39)30-34-15-14-27(43-34)28(31(38)35-21-9-7-10-23(16-21)44-3)29(34)33(40)37(30)17-22-18-41-25-12-4-5-13-26(25)42-22/h4-5,7,9-10,12-16,19-20,22,24,27-30H,6,8,11,17-18H2,1-3H3,(H,35,38)(H,36,39)/t19-,20+,22+,24+,27+,28-,29+,30+,34+/m0/s1. The van der Waals surface area contributed by atoms with Gasteiger partial charge in [0.1, 0.15) is 18.2 Å². The number of amides is 3. The Balaban J connectivity index is 1.19. The normalized spacial score (nSPS) is 35.0. The van der Waals surface area contributed by atoms with Crippen molar-refractivity contribution in [2.75, 3.05) is 24.7 Å². The molecule has 1 spiro atoms. The fourth-order valence-corrected chi connectivity index (χ4v) is 8.27. The summed E-state index contributed by atoms with van der Waals surface area (Å²) in [5.41, 5.74) is -0.586. The maximum Gasteiger partial charge on any atom is 0.246 e. The summed E-state index contributed by atoms with van der Waals surface area (Å²) in [5, 5.41) is 6.33. The van der Waals surface area contributed by atoms with E-state index in [0.717, 1.165) is 24.2 Å². The molecule has 5 aliphatic rings. The average Bonchev–Trinajstić information content (AvgIpc) is 3.67. The molecule has 3 fully saturated rings. The molecule has 2 aromatic rings. The van der Waals surface area contributed by atoms with E-state index in [9.17, 15) is 14.4 Å². The molecule has 2 N–H and O–H groups in total. The lowest BCUT2D eigenvalue weighted by Gasteiger charge is -2.38. The number of ether oxygens (including phenoxy) is 3. The lowest BCUT2D eigenvalue weighted by Crippen LogP contribution is -2.59. The van der Waals surface area contributed by atoms with Crippen molar-refractivity contribution in [1.82, 2.24) is 10.2 Å². The van der Waals surface area contributed by atoms with E-state index < -0.39 is 35.7 Å². The van der Waals surface area contributed by atoms with Crippen LogP contribution in [0.1, 0.15) is 33.1 Å². The quantitative estimate of drug-likeness (QED) is 0.353. The Kier molecular flexibility index (Phi) is 7.61. The van der Waals surface area contributed by atoms with Crippen molar-refractivity contribution in [3.63, 3.8) is 0 Å². The van der Waals surface area contributed by atoms with Crippen LogP contribution in [0.4, 0.5) is 5.69 Å². The summed E-state index contributed by atoms with van der Waals surface area (Å²) in [4.78, 5) is 45.2. The molecule has 1 aliphatic carbocycles. The Labute approximate surface area is 262 Å². The van der Waals surface area contributed by atoms with Gasteiger partial charge in [-0.3, -0.25) is 14.4 Å². The number of benzene rings is 2. The van der Waals surface area contributed by atoms with E-state index in [1.807, 2.05) is 66.9 Å². The van der Waals surface area contributed by atoms with Gasteiger partial charge in [0.15, 0.2) is 17.6 Å². The molecule has 3 amide bonds. The lowest BCUT2D eigenvalue weighted by molar-refractivity contribution is -0.143. The highest BCUT2D eigenvalue weighted by Crippen LogP contribution is 2.55. The van der Waals surface area contributed by atoms with Crippen LogP contribution in [0.3, 0.4) is 0 Å². The second-order valence-electron chi connectivity index (χ2n) is 12.8. The van der Waals surface area contributed by atoms with E-state index >= 15 is 0 Å². The van der Waals surface area contributed by atoms with Crippen LogP contribution in [-0.2, 0) is 19.1 Å². The molecule has 4 aliphatic heterocycles. The third kappa shape index (κ3) is 4.86. The zero-order valence-electron chi connectivity index (χ0n) is 25.2. The van der Waals surface area contributed by atoms with E-state index in [1.165, 1.54) is 0 Å². The Morgan fingerprint density at radius 3 is 2.70 bits per heavy atom. The first-order valence-corrected chi connectivity index (χ1v) is 16.8. The third-order valence-corrected chi connectivity index (χ3v) is 11.0. The summed E-state index contributed by atoms with van der Waals surface area (Å²) >= 11 is 1.59. The highest BCUT2D eigenvalue weighted by atomic mass is 32.2. The predicted octanol–water partition coefficient (Wildman–Crippen LogP) is 4.28. The van der Waals surface area contributed by atoms with E-state index in [-0.39, 0.29) is 36.9 Å². The summed E-state index contributed by atoms with van der Waals surface area (Å²) in [6, 6.07) is 14.1. The van der Waals surface area contributed by atoms with Crippen molar-refractivity contribution < 1.29 is 28.6 Å². The van der Waals surface area contributed by atoms with E-state index in [4.69, 9.17) is 14.2 Å². The van der Waals surface area contributed by atoms with Crippen LogP contribution in [0, 0.1) is 23.7 Å². The molecule has 0 unspecified atom stereocenters. The third-order valence-electron chi connectivity index (χ3n) is 10.3. The van der Waals surface area contributed by atoms with Crippen LogP contribution in [0.15, 0.2) is 65.6 Å². The van der Waals surface area contributed by atoms with Crippen LogP contribution in [0.25, 0.3) is 0 Å². The number of thioether (sulfide) groups is 1. The number of fused-ring (bicyclic) bond motifs is 2. The van der Waals surface area contributed by atoms with Gasteiger partial charge in [0.2, 0.25) is 17.7 Å². The van der Waals surface area contributed by atoms with Crippen molar-refractivity contribution in [2.24, 2.45) is 23.7 Å². The minimum atomic E-state index is -1.24. The number of likely N-dealkylation sites (tertiary alicyclic amines) is 1. The zero-order chi connectivity index (χ0) is 30.6. The number of rotatable bonds is 7. The van der Waals surface area contributed by atoms with Crippen LogP contribution in [0.5, 0.6) is 11.5 Å². The molecule has 1 saturated carbocycles. The summed E-state index contributed by atoms with van der Waals surface area (Å²) in [6.07, 6.45) is 7.66. The van der Waals surface area contributed by atoms with Gasteiger partial charge in [0.05, 0.1) is 24.5 Å². The number of nitrogens with one attached hydrogen (secondary N) is 2. The molecule has 10 heteroatoms. The molecule has 232 valence electrons. The Bertz CT molecular complexity index is 1500.